The molecule has 6 nitrogen and oxygen atoms in total. The first-order valence-corrected chi connectivity index (χ1v) is 6.79. The molecule has 3 rings (SSSR count). The van der Waals surface area contributed by atoms with E-state index in [9.17, 15) is 4.79 Å². The van der Waals surface area contributed by atoms with Gasteiger partial charge in [-0.05, 0) is 24.8 Å². The molecule has 1 saturated heterocycles. The molecular formula is C14H17N5O. The van der Waals surface area contributed by atoms with E-state index < -0.39 is 0 Å². The third-order valence-corrected chi connectivity index (χ3v) is 3.74. The van der Waals surface area contributed by atoms with Gasteiger partial charge in [0.05, 0.1) is 11.4 Å². The van der Waals surface area contributed by atoms with Crippen LogP contribution in [0.4, 0.5) is 0 Å². The van der Waals surface area contributed by atoms with Crippen molar-refractivity contribution in [3.8, 4) is 11.4 Å². The van der Waals surface area contributed by atoms with Gasteiger partial charge in [0.15, 0.2) is 0 Å². The van der Waals surface area contributed by atoms with Crippen LogP contribution in [-0.4, -0.2) is 44.1 Å². The number of rotatable bonds is 3. The SMILES string of the molecule is CC(=O)N1CCC(Cc2nccnc2-c2ccn[nH]2)C1. The average molecular weight is 271 g/mol. The zero-order valence-electron chi connectivity index (χ0n) is 11.4. The maximum atomic E-state index is 11.4. The number of nitrogens with zero attached hydrogens (tertiary/aromatic N) is 4. The van der Waals surface area contributed by atoms with Gasteiger partial charge in [0, 0.05) is 38.6 Å². The molecule has 0 aromatic carbocycles. The fourth-order valence-electron chi connectivity index (χ4n) is 2.69. The van der Waals surface area contributed by atoms with Gasteiger partial charge in [0.1, 0.15) is 5.69 Å². The van der Waals surface area contributed by atoms with Gasteiger partial charge in [-0.2, -0.15) is 5.10 Å². The van der Waals surface area contributed by atoms with E-state index in [1.165, 1.54) is 0 Å². The molecule has 1 unspecified atom stereocenters. The van der Waals surface area contributed by atoms with Crippen molar-refractivity contribution >= 4 is 5.91 Å². The van der Waals surface area contributed by atoms with Crippen LogP contribution in [0.5, 0.6) is 0 Å². The lowest BCUT2D eigenvalue weighted by Crippen LogP contribution is -2.26. The molecule has 2 aromatic rings. The normalized spacial score (nSPS) is 18.4. The van der Waals surface area contributed by atoms with E-state index in [-0.39, 0.29) is 5.91 Å². The Hall–Kier alpha value is -2.24. The second-order valence-electron chi connectivity index (χ2n) is 5.15. The molecule has 0 bridgehead atoms. The predicted molar refractivity (Wildman–Crippen MR) is 73.7 cm³/mol. The van der Waals surface area contributed by atoms with E-state index >= 15 is 0 Å². The van der Waals surface area contributed by atoms with Crippen molar-refractivity contribution in [1.29, 1.82) is 0 Å². The largest absolute Gasteiger partial charge is 0.343 e. The molecule has 0 aliphatic carbocycles. The van der Waals surface area contributed by atoms with E-state index in [0.717, 1.165) is 43.0 Å². The Balaban J connectivity index is 1.77. The van der Waals surface area contributed by atoms with Gasteiger partial charge in [-0.1, -0.05) is 0 Å². The summed E-state index contributed by atoms with van der Waals surface area (Å²) in [6.07, 6.45) is 6.98. The summed E-state index contributed by atoms with van der Waals surface area (Å²) in [5, 5.41) is 6.89. The van der Waals surface area contributed by atoms with Gasteiger partial charge in [-0.15, -0.1) is 0 Å². The summed E-state index contributed by atoms with van der Waals surface area (Å²) in [4.78, 5) is 22.1. The van der Waals surface area contributed by atoms with Gasteiger partial charge in [0.2, 0.25) is 5.91 Å². The Morgan fingerprint density at radius 1 is 1.40 bits per heavy atom. The molecular weight excluding hydrogens is 254 g/mol. The molecule has 6 heteroatoms. The van der Waals surface area contributed by atoms with Crippen LogP contribution in [0, 0.1) is 5.92 Å². The molecule has 0 spiro atoms. The highest BCUT2D eigenvalue weighted by Crippen LogP contribution is 2.24. The number of carbonyl (C=O) groups excluding carboxylic acids is 1. The molecule has 1 N–H and O–H groups in total. The van der Waals surface area contributed by atoms with Gasteiger partial charge in [-0.3, -0.25) is 19.9 Å². The summed E-state index contributed by atoms with van der Waals surface area (Å²) < 4.78 is 0. The lowest BCUT2D eigenvalue weighted by molar-refractivity contribution is -0.127. The van der Waals surface area contributed by atoms with Crippen LogP contribution in [0.2, 0.25) is 0 Å². The lowest BCUT2D eigenvalue weighted by Gasteiger charge is -2.14. The zero-order valence-corrected chi connectivity index (χ0v) is 11.4. The molecule has 1 fully saturated rings. The molecule has 2 aromatic heterocycles. The van der Waals surface area contributed by atoms with E-state index in [4.69, 9.17) is 0 Å². The fraction of sp³-hybridized carbons (Fsp3) is 0.429. The highest BCUT2D eigenvalue weighted by molar-refractivity contribution is 5.73. The summed E-state index contributed by atoms with van der Waals surface area (Å²) in [6, 6.07) is 1.89. The minimum absolute atomic E-state index is 0.153. The lowest BCUT2D eigenvalue weighted by atomic mass is 10.0. The average Bonchev–Trinajstić information content (AvgIpc) is 3.10. The summed E-state index contributed by atoms with van der Waals surface area (Å²) in [5.74, 6) is 0.609. The van der Waals surface area contributed by atoms with E-state index in [1.807, 2.05) is 11.0 Å². The monoisotopic (exact) mass is 271 g/mol. The Morgan fingerprint density at radius 3 is 2.95 bits per heavy atom. The highest BCUT2D eigenvalue weighted by Gasteiger charge is 2.25. The fourth-order valence-corrected chi connectivity index (χ4v) is 2.69. The maximum absolute atomic E-state index is 11.4. The minimum Gasteiger partial charge on any atom is -0.343 e. The summed E-state index contributed by atoms with van der Waals surface area (Å²) in [7, 11) is 0. The molecule has 1 amide bonds. The Morgan fingerprint density at radius 2 is 2.25 bits per heavy atom. The molecule has 20 heavy (non-hydrogen) atoms. The van der Waals surface area contributed by atoms with E-state index in [1.54, 1.807) is 25.5 Å². The van der Waals surface area contributed by atoms with Crippen molar-refractivity contribution in [3.63, 3.8) is 0 Å². The van der Waals surface area contributed by atoms with Gasteiger partial charge in [0.25, 0.3) is 0 Å². The smallest absolute Gasteiger partial charge is 0.219 e. The van der Waals surface area contributed by atoms with E-state index in [0.29, 0.717) is 5.92 Å². The van der Waals surface area contributed by atoms with Crippen molar-refractivity contribution in [2.24, 2.45) is 5.92 Å². The molecule has 1 atom stereocenters. The van der Waals surface area contributed by atoms with Gasteiger partial charge < -0.3 is 4.90 Å². The number of aromatic nitrogens is 4. The van der Waals surface area contributed by atoms with Crippen LogP contribution in [0.3, 0.4) is 0 Å². The highest BCUT2D eigenvalue weighted by atomic mass is 16.2. The number of nitrogens with one attached hydrogen (secondary N) is 1. The Kier molecular flexibility index (Phi) is 3.45. The second kappa shape index (κ2) is 5.40. The third-order valence-electron chi connectivity index (χ3n) is 3.74. The first kappa shape index (κ1) is 12.8. The van der Waals surface area contributed by atoms with Crippen LogP contribution >= 0.6 is 0 Å². The van der Waals surface area contributed by atoms with Crippen molar-refractivity contribution in [3.05, 3.63) is 30.4 Å². The number of amides is 1. The summed E-state index contributed by atoms with van der Waals surface area (Å²) in [5.41, 5.74) is 2.70. The quantitative estimate of drug-likeness (QED) is 0.912. The van der Waals surface area contributed by atoms with Crippen LogP contribution in [0.25, 0.3) is 11.4 Å². The summed E-state index contributed by atoms with van der Waals surface area (Å²) in [6.45, 7) is 3.29. The molecule has 0 saturated carbocycles. The Bertz CT molecular complexity index is 595. The second-order valence-corrected chi connectivity index (χ2v) is 5.15. The molecule has 3 heterocycles. The topological polar surface area (TPSA) is 74.8 Å². The molecule has 0 radical (unpaired) electrons. The minimum atomic E-state index is 0.153. The standard InChI is InChI=1S/C14H17N5O/c1-10(20)19-7-3-11(9-19)8-13-14(16-6-5-15-13)12-2-4-17-18-12/h2,4-6,11H,3,7-9H2,1H3,(H,17,18). The van der Waals surface area contributed by atoms with Crippen LogP contribution in [0.1, 0.15) is 19.0 Å². The van der Waals surface area contributed by atoms with Crippen LogP contribution in [0.15, 0.2) is 24.7 Å². The predicted octanol–water partition coefficient (Wildman–Crippen LogP) is 1.28. The van der Waals surface area contributed by atoms with Crippen molar-refractivity contribution < 1.29 is 4.79 Å². The Labute approximate surface area is 117 Å². The number of hydrogen-bond acceptors (Lipinski definition) is 4. The van der Waals surface area contributed by atoms with Crippen LogP contribution in [-0.2, 0) is 11.2 Å². The third kappa shape index (κ3) is 2.54. The molecule has 1 aliphatic rings. The first-order valence-electron chi connectivity index (χ1n) is 6.79. The molecule has 104 valence electrons. The molecule has 1 aliphatic heterocycles. The number of hydrogen-bond donors (Lipinski definition) is 1. The zero-order chi connectivity index (χ0) is 13.9. The number of carbonyl (C=O) groups is 1. The first-order chi connectivity index (χ1) is 9.74. The van der Waals surface area contributed by atoms with Crippen molar-refractivity contribution in [2.45, 2.75) is 19.8 Å². The van der Waals surface area contributed by atoms with Gasteiger partial charge >= 0.3 is 0 Å². The van der Waals surface area contributed by atoms with Crippen LogP contribution < -0.4 is 0 Å². The summed E-state index contributed by atoms with van der Waals surface area (Å²) >= 11 is 0. The van der Waals surface area contributed by atoms with Crippen molar-refractivity contribution in [2.75, 3.05) is 13.1 Å². The number of aromatic amines is 1. The van der Waals surface area contributed by atoms with Crippen molar-refractivity contribution in [1.82, 2.24) is 25.1 Å². The number of H-pyrrole nitrogens is 1. The van der Waals surface area contributed by atoms with E-state index in [2.05, 4.69) is 20.2 Å². The maximum Gasteiger partial charge on any atom is 0.219 e. The van der Waals surface area contributed by atoms with Gasteiger partial charge in [-0.25, -0.2) is 0 Å². The number of likely N-dealkylation sites (tertiary alicyclic amines) is 1.